The Balaban J connectivity index is 1.90. The predicted octanol–water partition coefficient (Wildman–Crippen LogP) is 3.47. The van der Waals surface area contributed by atoms with Gasteiger partial charge in [0, 0.05) is 0 Å². The van der Waals surface area contributed by atoms with Crippen LogP contribution in [-0.4, -0.2) is 10.7 Å². The van der Waals surface area contributed by atoms with Gasteiger partial charge in [-0.3, -0.25) is 0 Å². The molecule has 3 aliphatic carbocycles. The van der Waals surface area contributed by atoms with Crippen molar-refractivity contribution in [2.75, 3.05) is 0 Å². The van der Waals surface area contributed by atoms with Gasteiger partial charge in [0.05, 0.1) is 5.60 Å². The van der Waals surface area contributed by atoms with Gasteiger partial charge in [-0.25, -0.2) is 0 Å². The second-order valence-corrected chi connectivity index (χ2v) is 7.42. The molecule has 0 radical (unpaired) electrons. The van der Waals surface area contributed by atoms with Crippen LogP contribution in [0.25, 0.3) is 0 Å². The topological polar surface area (TPSA) is 20.2 Å². The lowest BCUT2D eigenvalue weighted by atomic mass is 9.68. The summed E-state index contributed by atoms with van der Waals surface area (Å²) in [6, 6.07) is 0. The van der Waals surface area contributed by atoms with E-state index in [-0.39, 0.29) is 0 Å². The van der Waals surface area contributed by atoms with Crippen molar-refractivity contribution in [3.8, 4) is 0 Å². The Morgan fingerprint density at radius 2 is 1.75 bits per heavy atom. The summed E-state index contributed by atoms with van der Waals surface area (Å²) >= 11 is 0. The highest BCUT2D eigenvalue weighted by Crippen LogP contribution is 2.79. The monoisotopic (exact) mass is 222 g/mol. The average Bonchev–Trinajstić information content (AvgIpc) is 2.73. The van der Waals surface area contributed by atoms with Gasteiger partial charge in [0.2, 0.25) is 0 Å². The maximum absolute atomic E-state index is 10.4. The molecule has 0 heterocycles. The summed E-state index contributed by atoms with van der Waals surface area (Å²) in [4.78, 5) is 0. The fourth-order valence-corrected chi connectivity index (χ4v) is 5.59. The SMILES string of the molecule is C[C@@H]1CCC23[C@H]1[C@H]2[C@H](C(C)(C)O)CC[C@H]3C. The lowest BCUT2D eigenvalue weighted by molar-refractivity contribution is -0.0266. The second kappa shape index (κ2) is 3.04. The smallest absolute Gasteiger partial charge is 0.0622 e. The molecule has 0 aromatic carbocycles. The van der Waals surface area contributed by atoms with E-state index >= 15 is 0 Å². The van der Waals surface area contributed by atoms with Crippen LogP contribution in [0.3, 0.4) is 0 Å². The van der Waals surface area contributed by atoms with Crippen molar-refractivity contribution in [1.82, 2.24) is 0 Å². The minimum atomic E-state index is -0.456. The van der Waals surface area contributed by atoms with E-state index in [1.165, 1.54) is 25.7 Å². The molecular formula is C15H26O. The van der Waals surface area contributed by atoms with Crippen LogP contribution < -0.4 is 0 Å². The maximum atomic E-state index is 10.4. The maximum Gasteiger partial charge on any atom is 0.0622 e. The lowest BCUT2D eigenvalue weighted by Crippen LogP contribution is -2.38. The molecule has 3 aliphatic rings. The van der Waals surface area contributed by atoms with Crippen LogP contribution in [0.4, 0.5) is 0 Å². The Hall–Kier alpha value is -0.0400. The Morgan fingerprint density at radius 1 is 1.06 bits per heavy atom. The van der Waals surface area contributed by atoms with Crippen molar-refractivity contribution in [3.05, 3.63) is 0 Å². The molecule has 3 rings (SSSR count). The summed E-state index contributed by atoms with van der Waals surface area (Å²) in [6.45, 7) is 8.96. The Labute approximate surface area is 99.6 Å². The van der Waals surface area contributed by atoms with Crippen molar-refractivity contribution in [3.63, 3.8) is 0 Å². The van der Waals surface area contributed by atoms with Gasteiger partial charge in [0.15, 0.2) is 0 Å². The highest BCUT2D eigenvalue weighted by atomic mass is 16.3. The third-order valence-corrected chi connectivity index (χ3v) is 6.33. The van der Waals surface area contributed by atoms with Crippen LogP contribution >= 0.6 is 0 Å². The number of fused-ring (bicyclic) bond motifs is 1. The summed E-state index contributed by atoms with van der Waals surface area (Å²) < 4.78 is 0. The van der Waals surface area contributed by atoms with E-state index in [1.807, 2.05) is 13.8 Å². The molecule has 16 heavy (non-hydrogen) atoms. The van der Waals surface area contributed by atoms with Gasteiger partial charge in [0.25, 0.3) is 0 Å². The molecule has 0 bridgehead atoms. The normalized spacial score (nSPS) is 55.7. The van der Waals surface area contributed by atoms with Crippen molar-refractivity contribution >= 4 is 0 Å². The van der Waals surface area contributed by atoms with Crippen LogP contribution in [-0.2, 0) is 0 Å². The molecule has 0 aromatic heterocycles. The molecular weight excluding hydrogens is 196 g/mol. The van der Waals surface area contributed by atoms with Crippen molar-refractivity contribution in [1.29, 1.82) is 0 Å². The minimum Gasteiger partial charge on any atom is -0.390 e. The number of aliphatic hydroxyl groups is 1. The van der Waals surface area contributed by atoms with Crippen LogP contribution in [0.2, 0.25) is 0 Å². The molecule has 3 fully saturated rings. The van der Waals surface area contributed by atoms with E-state index in [0.717, 1.165) is 23.7 Å². The van der Waals surface area contributed by atoms with Gasteiger partial charge >= 0.3 is 0 Å². The first-order valence-electron chi connectivity index (χ1n) is 7.11. The molecule has 1 nitrogen and oxygen atoms in total. The van der Waals surface area contributed by atoms with E-state index in [4.69, 9.17) is 0 Å². The zero-order valence-electron chi connectivity index (χ0n) is 11.2. The van der Waals surface area contributed by atoms with E-state index in [0.29, 0.717) is 11.3 Å². The summed E-state index contributed by atoms with van der Waals surface area (Å²) in [7, 11) is 0. The van der Waals surface area contributed by atoms with Crippen LogP contribution in [0, 0.1) is 35.0 Å². The predicted molar refractivity (Wildman–Crippen MR) is 66.0 cm³/mol. The summed E-state index contributed by atoms with van der Waals surface area (Å²) in [6.07, 6.45) is 5.47. The van der Waals surface area contributed by atoms with Gasteiger partial charge in [-0.15, -0.1) is 0 Å². The number of rotatable bonds is 1. The van der Waals surface area contributed by atoms with Gasteiger partial charge < -0.3 is 5.11 Å². The van der Waals surface area contributed by atoms with Crippen LogP contribution in [0.5, 0.6) is 0 Å². The van der Waals surface area contributed by atoms with Gasteiger partial charge in [-0.1, -0.05) is 13.8 Å². The average molecular weight is 222 g/mol. The molecule has 0 aliphatic heterocycles. The van der Waals surface area contributed by atoms with E-state index < -0.39 is 5.60 Å². The van der Waals surface area contributed by atoms with Crippen LogP contribution in [0.1, 0.15) is 53.4 Å². The second-order valence-electron chi connectivity index (χ2n) is 7.42. The van der Waals surface area contributed by atoms with Crippen LogP contribution in [0.15, 0.2) is 0 Å². The first kappa shape index (κ1) is 11.1. The van der Waals surface area contributed by atoms with Gasteiger partial charge in [-0.2, -0.15) is 0 Å². The lowest BCUT2D eigenvalue weighted by Gasteiger charge is -2.39. The number of hydrogen-bond acceptors (Lipinski definition) is 1. The Kier molecular flexibility index (Phi) is 2.11. The summed E-state index contributed by atoms with van der Waals surface area (Å²) in [5.74, 6) is 4.18. The summed E-state index contributed by atoms with van der Waals surface area (Å²) in [5, 5.41) is 10.4. The molecule has 1 heteroatoms. The Morgan fingerprint density at radius 3 is 2.38 bits per heavy atom. The summed E-state index contributed by atoms with van der Waals surface area (Å²) in [5.41, 5.74) is 0.199. The molecule has 6 atom stereocenters. The van der Waals surface area contributed by atoms with E-state index in [2.05, 4.69) is 13.8 Å². The van der Waals surface area contributed by atoms with Crippen molar-refractivity contribution in [2.24, 2.45) is 35.0 Å². The highest BCUT2D eigenvalue weighted by molar-refractivity contribution is 5.22. The van der Waals surface area contributed by atoms with E-state index in [1.54, 1.807) is 0 Å². The van der Waals surface area contributed by atoms with Crippen molar-refractivity contribution < 1.29 is 5.11 Å². The van der Waals surface area contributed by atoms with Gasteiger partial charge in [0.1, 0.15) is 0 Å². The molecule has 0 amide bonds. The highest BCUT2D eigenvalue weighted by Gasteiger charge is 2.74. The standard InChI is InChI=1S/C15H26O/c1-9-7-8-15-10(2)5-6-11(14(3,4)16)13(15)12(9)15/h9-13,16H,5-8H2,1-4H3/t9-,10-,11-,12-,13-,15?/m1/s1. The molecule has 1 N–H and O–H groups in total. The third kappa shape index (κ3) is 1.16. The first-order valence-corrected chi connectivity index (χ1v) is 7.11. The largest absolute Gasteiger partial charge is 0.390 e. The molecule has 0 saturated heterocycles. The first-order chi connectivity index (χ1) is 7.39. The third-order valence-electron chi connectivity index (χ3n) is 6.33. The van der Waals surface area contributed by atoms with Crippen molar-refractivity contribution in [2.45, 2.75) is 59.0 Å². The molecule has 1 spiro atoms. The minimum absolute atomic E-state index is 0.456. The molecule has 3 saturated carbocycles. The Bertz CT molecular complexity index is 303. The molecule has 92 valence electrons. The molecule has 0 aromatic rings. The fraction of sp³-hybridized carbons (Fsp3) is 1.00. The fourth-order valence-electron chi connectivity index (χ4n) is 5.59. The zero-order valence-corrected chi connectivity index (χ0v) is 11.2. The quantitative estimate of drug-likeness (QED) is 0.720. The van der Waals surface area contributed by atoms with E-state index in [9.17, 15) is 5.11 Å². The molecule has 1 unspecified atom stereocenters. The number of hydrogen-bond donors (Lipinski definition) is 1. The van der Waals surface area contributed by atoms with Gasteiger partial charge in [-0.05, 0) is 74.5 Å². The zero-order chi connectivity index (χ0) is 11.7.